The molecular weight excluding hydrogens is 182 g/mol. The van der Waals surface area contributed by atoms with Crippen LogP contribution < -0.4 is 5.73 Å². The number of nitrogens with two attached hydrogens (primary N) is 1. The standard InChI is InChI=1S/C5H14OSi.C4H7NO/c1-5-7(3,4)6-2;1-3(2)4(5)6/h5H2,1-4H3;1H2,2H3,(H2,5,6). The minimum atomic E-state index is -1.15. The number of amides is 1. The number of rotatable bonds is 3. The first-order valence-electron chi connectivity index (χ1n) is 4.27. The summed E-state index contributed by atoms with van der Waals surface area (Å²) in [5, 5.41) is 0. The lowest BCUT2D eigenvalue weighted by atomic mass is 10.3. The van der Waals surface area contributed by atoms with Crippen LogP contribution in [0.15, 0.2) is 12.2 Å². The van der Waals surface area contributed by atoms with E-state index in [0.29, 0.717) is 5.57 Å². The molecule has 0 bridgehead atoms. The molecule has 0 fully saturated rings. The van der Waals surface area contributed by atoms with E-state index in [1.165, 1.54) is 6.04 Å². The van der Waals surface area contributed by atoms with Gasteiger partial charge in [-0.1, -0.05) is 13.5 Å². The third-order valence-corrected chi connectivity index (χ3v) is 4.63. The topological polar surface area (TPSA) is 52.3 Å². The highest BCUT2D eigenvalue weighted by molar-refractivity contribution is 6.70. The van der Waals surface area contributed by atoms with Crippen molar-refractivity contribution < 1.29 is 9.22 Å². The monoisotopic (exact) mass is 203 g/mol. The molecule has 0 aliphatic rings. The van der Waals surface area contributed by atoms with Crippen LogP contribution in [-0.2, 0) is 9.22 Å². The third-order valence-electron chi connectivity index (χ3n) is 1.82. The van der Waals surface area contributed by atoms with E-state index < -0.39 is 14.2 Å². The highest BCUT2D eigenvalue weighted by atomic mass is 28.4. The van der Waals surface area contributed by atoms with Gasteiger partial charge in [0.15, 0.2) is 8.32 Å². The maximum absolute atomic E-state index is 9.82. The predicted octanol–water partition coefficient (Wildman–Crippen LogP) is 1.91. The van der Waals surface area contributed by atoms with Gasteiger partial charge in [-0.15, -0.1) is 0 Å². The van der Waals surface area contributed by atoms with Gasteiger partial charge in [-0.3, -0.25) is 4.79 Å². The minimum absolute atomic E-state index is 0.398. The second kappa shape index (κ2) is 6.86. The highest BCUT2D eigenvalue weighted by Gasteiger charge is 2.15. The maximum Gasteiger partial charge on any atom is 0.243 e. The van der Waals surface area contributed by atoms with Crippen LogP contribution in [0.5, 0.6) is 0 Å². The van der Waals surface area contributed by atoms with E-state index in [1.807, 2.05) is 0 Å². The molecule has 13 heavy (non-hydrogen) atoms. The lowest BCUT2D eigenvalue weighted by Crippen LogP contribution is -2.26. The molecule has 0 spiro atoms. The SMILES string of the molecule is C=C(C)C(N)=O.CC[Si](C)(C)OC. The first-order valence-corrected chi connectivity index (χ1v) is 7.38. The molecule has 0 unspecified atom stereocenters. The van der Waals surface area contributed by atoms with E-state index in [0.717, 1.165) is 0 Å². The van der Waals surface area contributed by atoms with E-state index in [-0.39, 0.29) is 0 Å². The van der Waals surface area contributed by atoms with Crippen molar-refractivity contribution in [3.8, 4) is 0 Å². The second-order valence-corrected chi connectivity index (χ2v) is 8.10. The van der Waals surface area contributed by atoms with Gasteiger partial charge in [0.05, 0.1) is 0 Å². The Kier molecular flexibility index (Phi) is 7.85. The van der Waals surface area contributed by atoms with Gasteiger partial charge < -0.3 is 10.2 Å². The van der Waals surface area contributed by atoms with Gasteiger partial charge in [0, 0.05) is 12.7 Å². The number of carbonyl (C=O) groups excluding carboxylic acids is 1. The molecule has 0 saturated heterocycles. The molecule has 0 aromatic rings. The highest BCUT2D eigenvalue weighted by Crippen LogP contribution is 2.06. The summed E-state index contributed by atoms with van der Waals surface area (Å²) in [6.45, 7) is 11.5. The summed E-state index contributed by atoms with van der Waals surface area (Å²) in [6, 6.07) is 1.21. The number of carbonyl (C=O) groups is 1. The Morgan fingerprint density at radius 2 is 1.85 bits per heavy atom. The van der Waals surface area contributed by atoms with E-state index in [4.69, 9.17) is 10.2 Å². The van der Waals surface area contributed by atoms with Gasteiger partial charge in [0.25, 0.3) is 0 Å². The first kappa shape index (κ1) is 14.9. The zero-order valence-corrected chi connectivity index (χ0v) is 10.3. The van der Waals surface area contributed by atoms with Crippen LogP contribution in [0.2, 0.25) is 19.1 Å². The molecule has 3 nitrogen and oxygen atoms in total. The van der Waals surface area contributed by atoms with Gasteiger partial charge in [0.2, 0.25) is 5.91 Å². The molecule has 0 rings (SSSR count). The average molecular weight is 203 g/mol. The van der Waals surface area contributed by atoms with Crippen molar-refractivity contribution in [3.63, 3.8) is 0 Å². The van der Waals surface area contributed by atoms with E-state index >= 15 is 0 Å². The number of hydrogen-bond donors (Lipinski definition) is 1. The van der Waals surface area contributed by atoms with Crippen molar-refractivity contribution >= 4 is 14.2 Å². The Bertz CT molecular complexity index is 160. The Morgan fingerprint density at radius 1 is 1.54 bits per heavy atom. The minimum Gasteiger partial charge on any atom is -0.420 e. The van der Waals surface area contributed by atoms with Gasteiger partial charge in [-0.25, -0.2) is 0 Å². The van der Waals surface area contributed by atoms with Gasteiger partial charge >= 0.3 is 0 Å². The Hall–Kier alpha value is -0.613. The molecule has 0 aliphatic carbocycles. The van der Waals surface area contributed by atoms with Crippen LogP contribution in [0, 0.1) is 0 Å². The summed E-state index contributed by atoms with van der Waals surface area (Å²) < 4.78 is 5.23. The lowest BCUT2D eigenvalue weighted by molar-refractivity contribution is -0.114. The molecule has 0 radical (unpaired) electrons. The van der Waals surface area contributed by atoms with E-state index in [1.54, 1.807) is 14.0 Å². The molecule has 0 aromatic carbocycles. The number of primary amides is 1. The zero-order chi connectivity index (χ0) is 11.1. The van der Waals surface area contributed by atoms with E-state index in [9.17, 15) is 4.79 Å². The van der Waals surface area contributed by atoms with Crippen molar-refractivity contribution in [1.82, 2.24) is 0 Å². The van der Waals surface area contributed by atoms with Gasteiger partial charge in [-0.2, -0.15) is 0 Å². The third kappa shape index (κ3) is 11.4. The van der Waals surface area contributed by atoms with Crippen molar-refractivity contribution in [3.05, 3.63) is 12.2 Å². The van der Waals surface area contributed by atoms with Crippen LogP contribution in [0.25, 0.3) is 0 Å². The summed E-state index contributed by atoms with van der Waals surface area (Å²) in [6.07, 6.45) is 0. The Morgan fingerprint density at radius 3 is 1.85 bits per heavy atom. The Labute approximate surface area is 82.1 Å². The summed E-state index contributed by atoms with van der Waals surface area (Å²) >= 11 is 0. The molecular formula is C9H21NO2Si. The van der Waals surface area contributed by atoms with Crippen molar-refractivity contribution in [2.24, 2.45) is 5.73 Å². The Balaban J connectivity index is 0. The normalized spacial score (nSPS) is 9.92. The van der Waals surface area contributed by atoms with Gasteiger partial charge in [-0.05, 0) is 26.1 Å². The van der Waals surface area contributed by atoms with Crippen LogP contribution in [0.1, 0.15) is 13.8 Å². The lowest BCUT2D eigenvalue weighted by Gasteiger charge is -2.15. The molecule has 0 heterocycles. The molecule has 4 heteroatoms. The maximum atomic E-state index is 9.82. The average Bonchev–Trinajstić information content (AvgIpc) is 2.05. The summed E-state index contributed by atoms with van der Waals surface area (Å²) in [4.78, 5) is 9.82. The van der Waals surface area contributed by atoms with Crippen LogP contribution in [0.4, 0.5) is 0 Å². The van der Waals surface area contributed by atoms with Crippen molar-refractivity contribution in [2.75, 3.05) is 7.11 Å². The van der Waals surface area contributed by atoms with Gasteiger partial charge in [0.1, 0.15) is 0 Å². The molecule has 78 valence electrons. The summed E-state index contributed by atoms with van der Waals surface area (Å²) in [7, 11) is 0.650. The smallest absolute Gasteiger partial charge is 0.243 e. The molecule has 0 saturated carbocycles. The zero-order valence-electron chi connectivity index (χ0n) is 9.31. The van der Waals surface area contributed by atoms with Crippen molar-refractivity contribution in [1.29, 1.82) is 0 Å². The fourth-order valence-electron chi connectivity index (χ4n) is 0.144. The van der Waals surface area contributed by atoms with E-state index in [2.05, 4.69) is 26.6 Å². The van der Waals surface area contributed by atoms with Crippen molar-refractivity contribution in [2.45, 2.75) is 33.0 Å². The predicted molar refractivity (Wildman–Crippen MR) is 59.0 cm³/mol. The van der Waals surface area contributed by atoms with Crippen LogP contribution in [0.3, 0.4) is 0 Å². The first-order chi connectivity index (χ1) is 5.76. The molecule has 1 amide bonds. The summed E-state index contributed by atoms with van der Waals surface area (Å²) in [5.74, 6) is -0.435. The fraction of sp³-hybridized carbons (Fsp3) is 0.667. The summed E-state index contributed by atoms with van der Waals surface area (Å²) in [5.41, 5.74) is 5.09. The molecule has 0 aromatic heterocycles. The second-order valence-electron chi connectivity index (χ2n) is 3.46. The number of hydrogen-bond acceptors (Lipinski definition) is 2. The molecule has 2 N–H and O–H groups in total. The fourth-order valence-corrected chi connectivity index (χ4v) is 0.433. The molecule has 0 aliphatic heterocycles. The molecule has 0 atom stereocenters. The quantitative estimate of drug-likeness (QED) is 0.562. The largest absolute Gasteiger partial charge is 0.420 e. The van der Waals surface area contributed by atoms with Crippen LogP contribution >= 0.6 is 0 Å². The van der Waals surface area contributed by atoms with Crippen LogP contribution in [-0.4, -0.2) is 21.3 Å².